The van der Waals surface area contributed by atoms with E-state index in [1.165, 1.54) is 5.56 Å². The fourth-order valence-corrected chi connectivity index (χ4v) is 3.14. The standard InChI is InChI=1S/C14H13Br2N/c1-9(10-5-3-2-4-6-10)12-7-11(15)8-13(16)14(12)17/h2-9H,17H2,1H3/t9-/m1/s1. The number of rotatable bonds is 2. The Hall–Kier alpha value is -0.800. The van der Waals surface area contributed by atoms with E-state index in [-0.39, 0.29) is 5.92 Å². The van der Waals surface area contributed by atoms with Crippen molar-refractivity contribution in [3.63, 3.8) is 0 Å². The van der Waals surface area contributed by atoms with Crippen LogP contribution in [0.15, 0.2) is 51.4 Å². The van der Waals surface area contributed by atoms with E-state index < -0.39 is 0 Å². The molecule has 0 unspecified atom stereocenters. The van der Waals surface area contributed by atoms with Crippen molar-refractivity contribution in [2.24, 2.45) is 0 Å². The van der Waals surface area contributed by atoms with Crippen LogP contribution in [0.3, 0.4) is 0 Å². The Morgan fingerprint density at radius 1 is 1.06 bits per heavy atom. The summed E-state index contributed by atoms with van der Waals surface area (Å²) < 4.78 is 1.97. The lowest BCUT2D eigenvalue weighted by Gasteiger charge is -2.16. The number of benzene rings is 2. The lowest BCUT2D eigenvalue weighted by Crippen LogP contribution is -2.02. The Labute approximate surface area is 118 Å². The minimum Gasteiger partial charge on any atom is -0.398 e. The second-order valence-corrected chi connectivity index (χ2v) is 5.79. The third kappa shape index (κ3) is 2.72. The number of hydrogen-bond acceptors (Lipinski definition) is 1. The first-order chi connectivity index (χ1) is 8.09. The van der Waals surface area contributed by atoms with Gasteiger partial charge in [0, 0.05) is 20.6 Å². The van der Waals surface area contributed by atoms with Crippen LogP contribution in [0.1, 0.15) is 24.0 Å². The molecule has 2 aromatic rings. The summed E-state index contributed by atoms with van der Waals surface area (Å²) in [6.45, 7) is 2.17. The molecule has 1 nitrogen and oxygen atoms in total. The number of anilines is 1. The van der Waals surface area contributed by atoms with E-state index in [9.17, 15) is 0 Å². The fourth-order valence-electron chi connectivity index (χ4n) is 1.88. The molecular formula is C14H13Br2N. The average Bonchev–Trinajstić information content (AvgIpc) is 2.34. The van der Waals surface area contributed by atoms with Gasteiger partial charge in [0.1, 0.15) is 0 Å². The predicted octanol–water partition coefficient (Wildman–Crippen LogP) is 4.95. The van der Waals surface area contributed by atoms with Crippen LogP contribution in [0.2, 0.25) is 0 Å². The largest absolute Gasteiger partial charge is 0.398 e. The van der Waals surface area contributed by atoms with Crippen molar-refractivity contribution >= 4 is 37.5 Å². The van der Waals surface area contributed by atoms with Crippen LogP contribution in [-0.4, -0.2) is 0 Å². The highest BCUT2D eigenvalue weighted by Gasteiger charge is 2.13. The highest BCUT2D eigenvalue weighted by atomic mass is 79.9. The van der Waals surface area contributed by atoms with Gasteiger partial charge in [-0.25, -0.2) is 0 Å². The second-order valence-electron chi connectivity index (χ2n) is 4.02. The summed E-state index contributed by atoms with van der Waals surface area (Å²) in [7, 11) is 0. The molecule has 0 radical (unpaired) electrons. The summed E-state index contributed by atoms with van der Waals surface area (Å²) in [5.41, 5.74) is 9.34. The monoisotopic (exact) mass is 353 g/mol. The molecule has 17 heavy (non-hydrogen) atoms. The van der Waals surface area contributed by atoms with Crippen LogP contribution in [-0.2, 0) is 0 Å². The molecule has 0 bridgehead atoms. The topological polar surface area (TPSA) is 26.0 Å². The van der Waals surface area contributed by atoms with Crippen LogP contribution in [0.5, 0.6) is 0 Å². The molecular weight excluding hydrogens is 342 g/mol. The highest BCUT2D eigenvalue weighted by molar-refractivity contribution is 9.11. The van der Waals surface area contributed by atoms with E-state index in [2.05, 4.69) is 69.1 Å². The summed E-state index contributed by atoms with van der Waals surface area (Å²) in [4.78, 5) is 0. The maximum absolute atomic E-state index is 6.12. The van der Waals surface area contributed by atoms with E-state index in [4.69, 9.17) is 5.73 Å². The van der Waals surface area contributed by atoms with Crippen LogP contribution < -0.4 is 5.73 Å². The quantitative estimate of drug-likeness (QED) is 0.759. The predicted molar refractivity (Wildman–Crippen MR) is 80.2 cm³/mol. The minimum absolute atomic E-state index is 0.282. The molecule has 3 heteroatoms. The van der Waals surface area contributed by atoms with Gasteiger partial charge in [-0.15, -0.1) is 0 Å². The molecule has 2 rings (SSSR count). The maximum atomic E-state index is 6.12. The van der Waals surface area contributed by atoms with Crippen LogP contribution >= 0.6 is 31.9 Å². The molecule has 0 heterocycles. The van der Waals surface area contributed by atoms with Crippen molar-refractivity contribution in [2.75, 3.05) is 5.73 Å². The number of nitrogen functional groups attached to an aromatic ring is 1. The molecule has 0 aliphatic heterocycles. The molecule has 88 valence electrons. The van der Waals surface area contributed by atoms with Gasteiger partial charge < -0.3 is 5.73 Å². The van der Waals surface area contributed by atoms with Crippen LogP contribution in [0.4, 0.5) is 5.69 Å². The van der Waals surface area contributed by atoms with Gasteiger partial charge in [0.2, 0.25) is 0 Å². The Morgan fingerprint density at radius 2 is 1.71 bits per heavy atom. The van der Waals surface area contributed by atoms with Gasteiger partial charge >= 0.3 is 0 Å². The van der Waals surface area contributed by atoms with Crippen molar-refractivity contribution in [2.45, 2.75) is 12.8 Å². The first-order valence-electron chi connectivity index (χ1n) is 5.39. The van der Waals surface area contributed by atoms with Gasteiger partial charge in [0.05, 0.1) is 0 Å². The zero-order valence-corrected chi connectivity index (χ0v) is 12.6. The molecule has 0 spiro atoms. The smallest absolute Gasteiger partial charge is 0.0497 e. The number of hydrogen-bond donors (Lipinski definition) is 1. The molecule has 0 saturated carbocycles. The fraction of sp³-hybridized carbons (Fsp3) is 0.143. The van der Waals surface area contributed by atoms with Gasteiger partial charge in [-0.3, -0.25) is 0 Å². The Morgan fingerprint density at radius 3 is 2.35 bits per heavy atom. The molecule has 0 saturated heterocycles. The van der Waals surface area contributed by atoms with Gasteiger partial charge in [-0.1, -0.05) is 53.2 Å². The summed E-state index contributed by atoms with van der Waals surface area (Å²) in [5, 5.41) is 0. The second kappa shape index (κ2) is 5.23. The Kier molecular flexibility index (Phi) is 3.89. The highest BCUT2D eigenvalue weighted by Crippen LogP contribution is 2.35. The third-order valence-corrected chi connectivity index (χ3v) is 4.01. The molecule has 2 aromatic carbocycles. The zero-order chi connectivity index (χ0) is 12.4. The maximum Gasteiger partial charge on any atom is 0.0497 e. The van der Waals surface area contributed by atoms with Crippen molar-refractivity contribution in [3.05, 3.63) is 62.5 Å². The van der Waals surface area contributed by atoms with Crippen molar-refractivity contribution in [3.8, 4) is 0 Å². The summed E-state index contributed by atoms with van der Waals surface area (Å²) in [6.07, 6.45) is 0. The van der Waals surface area contributed by atoms with E-state index >= 15 is 0 Å². The molecule has 0 aliphatic rings. The molecule has 0 amide bonds. The van der Waals surface area contributed by atoms with Crippen molar-refractivity contribution < 1.29 is 0 Å². The van der Waals surface area contributed by atoms with E-state index in [1.807, 2.05) is 12.1 Å². The molecule has 2 N–H and O–H groups in total. The van der Waals surface area contributed by atoms with Gasteiger partial charge in [0.15, 0.2) is 0 Å². The molecule has 1 atom stereocenters. The summed E-state index contributed by atoms with van der Waals surface area (Å²) in [6, 6.07) is 14.4. The average molecular weight is 355 g/mol. The lowest BCUT2D eigenvalue weighted by atomic mass is 9.92. The first kappa shape index (κ1) is 12.7. The van der Waals surface area contributed by atoms with Gasteiger partial charge in [-0.2, -0.15) is 0 Å². The normalized spacial score (nSPS) is 12.4. The van der Waals surface area contributed by atoms with Crippen LogP contribution in [0, 0.1) is 0 Å². The summed E-state index contributed by atoms with van der Waals surface area (Å²) in [5.74, 6) is 0.282. The van der Waals surface area contributed by atoms with Crippen molar-refractivity contribution in [1.82, 2.24) is 0 Å². The molecule has 0 fully saturated rings. The lowest BCUT2D eigenvalue weighted by molar-refractivity contribution is 0.923. The number of halogens is 2. The third-order valence-electron chi connectivity index (χ3n) is 2.89. The van der Waals surface area contributed by atoms with Gasteiger partial charge in [-0.05, 0) is 39.2 Å². The zero-order valence-electron chi connectivity index (χ0n) is 9.45. The van der Waals surface area contributed by atoms with Gasteiger partial charge in [0.25, 0.3) is 0 Å². The van der Waals surface area contributed by atoms with Crippen LogP contribution in [0.25, 0.3) is 0 Å². The Balaban J connectivity index is 2.48. The van der Waals surface area contributed by atoms with Crippen molar-refractivity contribution in [1.29, 1.82) is 0 Å². The summed E-state index contributed by atoms with van der Waals surface area (Å²) >= 11 is 6.99. The molecule has 0 aromatic heterocycles. The number of nitrogens with two attached hydrogens (primary N) is 1. The van der Waals surface area contributed by atoms with E-state index in [0.717, 1.165) is 20.2 Å². The SMILES string of the molecule is C[C@H](c1ccccc1)c1cc(Br)cc(Br)c1N. The first-order valence-corrected chi connectivity index (χ1v) is 6.97. The minimum atomic E-state index is 0.282. The molecule has 0 aliphatic carbocycles. The van der Waals surface area contributed by atoms with E-state index in [0.29, 0.717) is 0 Å². The Bertz CT molecular complexity index is 523. The van der Waals surface area contributed by atoms with E-state index in [1.54, 1.807) is 0 Å².